The third kappa shape index (κ3) is 3.45. The van der Waals surface area contributed by atoms with Crippen LogP contribution in [-0.4, -0.2) is 19.4 Å². The predicted octanol–water partition coefficient (Wildman–Crippen LogP) is 3.04. The summed E-state index contributed by atoms with van der Waals surface area (Å²) in [4.78, 5) is 0. The highest BCUT2D eigenvalue weighted by atomic mass is 16.7. The van der Waals surface area contributed by atoms with Gasteiger partial charge in [0.15, 0.2) is 11.5 Å². The first-order valence-electron chi connectivity index (χ1n) is 7.11. The van der Waals surface area contributed by atoms with E-state index in [0.29, 0.717) is 6.61 Å². The Morgan fingerprint density at radius 2 is 2.05 bits per heavy atom. The zero-order chi connectivity index (χ0) is 14.5. The molecule has 0 radical (unpaired) electrons. The third-order valence-corrected chi connectivity index (χ3v) is 3.49. The molecular weight excluding hydrogens is 254 g/mol. The lowest BCUT2D eigenvalue weighted by atomic mass is 10.0. The van der Waals surface area contributed by atoms with Crippen LogP contribution in [0.1, 0.15) is 32.3 Å². The first-order chi connectivity index (χ1) is 9.63. The van der Waals surface area contributed by atoms with Crippen molar-refractivity contribution in [2.24, 2.45) is 5.73 Å². The second-order valence-corrected chi connectivity index (χ2v) is 5.08. The van der Waals surface area contributed by atoms with Crippen molar-refractivity contribution >= 4 is 0 Å². The summed E-state index contributed by atoms with van der Waals surface area (Å²) in [6.07, 6.45) is 2.60. The highest BCUT2D eigenvalue weighted by Crippen LogP contribution is 2.38. The normalized spacial score (nSPS) is 14.2. The minimum Gasteiger partial charge on any atom is -0.489 e. The second kappa shape index (κ2) is 6.66. The molecule has 0 spiro atoms. The van der Waals surface area contributed by atoms with Crippen LogP contribution in [0, 0.1) is 0 Å². The van der Waals surface area contributed by atoms with Crippen molar-refractivity contribution in [3.05, 3.63) is 29.8 Å². The number of ether oxygens (including phenoxy) is 3. The Bertz CT molecular complexity index is 485. The maximum atomic E-state index is 6.06. The number of rotatable bonds is 7. The van der Waals surface area contributed by atoms with Gasteiger partial charge in [0.2, 0.25) is 6.79 Å². The molecule has 1 unspecified atom stereocenters. The molecule has 0 bridgehead atoms. The van der Waals surface area contributed by atoms with Gasteiger partial charge < -0.3 is 19.9 Å². The first-order valence-corrected chi connectivity index (χ1v) is 7.11. The van der Waals surface area contributed by atoms with E-state index < -0.39 is 0 Å². The van der Waals surface area contributed by atoms with Gasteiger partial charge in [0, 0.05) is 12.1 Å². The van der Waals surface area contributed by atoms with Crippen molar-refractivity contribution in [3.8, 4) is 17.2 Å². The van der Waals surface area contributed by atoms with E-state index >= 15 is 0 Å². The lowest BCUT2D eigenvalue weighted by Crippen LogP contribution is -2.21. The van der Waals surface area contributed by atoms with Gasteiger partial charge in [-0.2, -0.15) is 0 Å². The molecule has 4 heteroatoms. The van der Waals surface area contributed by atoms with Crippen LogP contribution < -0.4 is 19.9 Å². The van der Waals surface area contributed by atoms with Gasteiger partial charge in [-0.25, -0.2) is 0 Å². The number of nitrogens with two attached hydrogens (primary N) is 1. The maximum Gasteiger partial charge on any atom is 0.231 e. The van der Waals surface area contributed by atoms with Crippen LogP contribution in [0.5, 0.6) is 17.2 Å². The van der Waals surface area contributed by atoms with Gasteiger partial charge in [-0.05, 0) is 36.5 Å². The Hall–Kier alpha value is -1.68. The number of benzene rings is 1. The zero-order valence-corrected chi connectivity index (χ0v) is 12.3. The maximum absolute atomic E-state index is 6.06. The highest BCUT2D eigenvalue weighted by Gasteiger charge is 2.19. The summed E-state index contributed by atoms with van der Waals surface area (Å²) in [6, 6.07) is 3.98. The molecule has 1 aromatic rings. The molecule has 1 atom stereocenters. The Labute approximate surface area is 120 Å². The topological polar surface area (TPSA) is 53.7 Å². The molecule has 1 aliphatic heterocycles. The standard InChI is InChI=1S/C16H23NO3/c1-4-11(3)9-18-14-8-16-15(19-10-20-16)7-12(14)6-13(17)5-2/h7-8,13H,3-6,9-10,17H2,1-2H3. The number of hydrogen-bond donors (Lipinski definition) is 1. The molecule has 4 nitrogen and oxygen atoms in total. The minimum absolute atomic E-state index is 0.118. The second-order valence-electron chi connectivity index (χ2n) is 5.08. The molecular formula is C16H23NO3. The average molecular weight is 277 g/mol. The molecule has 0 aromatic heterocycles. The Balaban J connectivity index is 2.20. The van der Waals surface area contributed by atoms with Gasteiger partial charge in [-0.1, -0.05) is 20.4 Å². The molecule has 0 saturated heterocycles. The fourth-order valence-electron chi connectivity index (χ4n) is 1.97. The fraction of sp³-hybridized carbons (Fsp3) is 0.500. The van der Waals surface area contributed by atoms with Crippen molar-refractivity contribution in [3.63, 3.8) is 0 Å². The van der Waals surface area contributed by atoms with Gasteiger partial charge >= 0.3 is 0 Å². The molecule has 110 valence electrons. The lowest BCUT2D eigenvalue weighted by molar-refractivity contribution is 0.174. The SMILES string of the molecule is C=C(CC)COc1cc2c(cc1CC(N)CC)OCO2. The Kier molecular flexibility index (Phi) is 4.90. The van der Waals surface area contributed by atoms with Crippen LogP contribution in [0.2, 0.25) is 0 Å². The molecule has 20 heavy (non-hydrogen) atoms. The Morgan fingerprint density at radius 1 is 1.35 bits per heavy atom. The largest absolute Gasteiger partial charge is 0.489 e. The molecule has 2 rings (SSSR count). The lowest BCUT2D eigenvalue weighted by Gasteiger charge is -2.15. The van der Waals surface area contributed by atoms with E-state index in [4.69, 9.17) is 19.9 Å². The fourth-order valence-corrected chi connectivity index (χ4v) is 1.97. The van der Waals surface area contributed by atoms with E-state index in [2.05, 4.69) is 20.4 Å². The van der Waals surface area contributed by atoms with Gasteiger partial charge in [0.25, 0.3) is 0 Å². The van der Waals surface area contributed by atoms with E-state index in [-0.39, 0.29) is 12.8 Å². The minimum atomic E-state index is 0.118. The molecule has 1 aromatic carbocycles. The molecule has 0 fully saturated rings. The van der Waals surface area contributed by atoms with Gasteiger partial charge in [-0.3, -0.25) is 0 Å². The van der Waals surface area contributed by atoms with Crippen LogP contribution in [-0.2, 0) is 6.42 Å². The summed E-state index contributed by atoms with van der Waals surface area (Å²) < 4.78 is 16.7. The van der Waals surface area contributed by atoms with E-state index in [0.717, 1.165) is 47.6 Å². The van der Waals surface area contributed by atoms with Crippen LogP contribution >= 0.6 is 0 Å². The quantitative estimate of drug-likeness (QED) is 0.778. The van der Waals surface area contributed by atoms with Crippen molar-refractivity contribution in [1.82, 2.24) is 0 Å². The smallest absolute Gasteiger partial charge is 0.231 e. The predicted molar refractivity (Wildman–Crippen MR) is 79.5 cm³/mol. The van der Waals surface area contributed by atoms with Crippen LogP contribution in [0.15, 0.2) is 24.3 Å². The van der Waals surface area contributed by atoms with Crippen molar-refractivity contribution < 1.29 is 14.2 Å². The van der Waals surface area contributed by atoms with Crippen molar-refractivity contribution in [2.75, 3.05) is 13.4 Å². The molecule has 0 aliphatic carbocycles. The number of fused-ring (bicyclic) bond motifs is 1. The van der Waals surface area contributed by atoms with E-state index in [9.17, 15) is 0 Å². The van der Waals surface area contributed by atoms with E-state index in [1.165, 1.54) is 0 Å². The van der Waals surface area contributed by atoms with Crippen molar-refractivity contribution in [2.45, 2.75) is 39.2 Å². The van der Waals surface area contributed by atoms with Gasteiger partial charge in [0.1, 0.15) is 12.4 Å². The summed E-state index contributed by atoms with van der Waals surface area (Å²) in [6.45, 7) is 8.89. The third-order valence-electron chi connectivity index (χ3n) is 3.49. The first kappa shape index (κ1) is 14.7. The number of hydrogen-bond acceptors (Lipinski definition) is 4. The highest BCUT2D eigenvalue weighted by molar-refractivity contribution is 5.52. The molecule has 0 amide bonds. The molecule has 0 saturated carbocycles. The summed E-state index contributed by atoms with van der Waals surface area (Å²) in [5, 5.41) is 0. The summed E-state index contributed by atoms with van der Waals surface area (Å²) >= 11 is 0. The average Bonchev–Trinajstić information content (AvgIpc) is 2.91. The van der Waals surface area contributed by atoms with Crippen LogP contribution in [0.25, 0.3) is 0 Å². The van der Waals surface area contributed by atoms with E-state index in [1.54, 1.807) is 0 Å². The summed E-state index contributed by atoms with van der Waals surface area (Å²) in [7, 11) is 0. The Morgan fingerprint density at radius 3 is 2.70 bits per heavy atom. The summed E-state index contributed by atoms with van der Waals surface area (Å²) in [5.74, 6) is 2.31. The van der Waals surface area contributed by atoms with Crippen LogP contribution in [0.4, 0.5) is 0 Å². The molecule has 2 N–H and O–H groups in total. The molecule has 1 heterocycles. The van der Waals surface area contributed by atoms with Gasteiger partial charge in [0.05, 0.1) is 0 Å². The zero-order valence-electron chi connectivity index (χ0n) is 12.3. The van der Waals surface area contributed by atoms with Crippen molar-refractivity contribution in [1.29, 1.82) is 0 Å². The monoisotopic (exact) mass is 277 g/mol. The summed E-state index contributed by atoms with van der Waals surface area (Å²) in [5.41, 5.74) is 8.18. The molecule has 1 aliphatic rings. The van der Waals surface area contributed by atoms with Crippen LogP contribution in [0.3, 0.4) is 0 Å². The van der Waals surface area contributed by atoms with E-state index in [1.807, 2.05) is 12.1 Å². The van der Waals surface area contributed by atoms with Gasteiger partial charge in [-0.15, -0.1) is 0 Å².